The highest BCUT2D eigenvalue weighted by Gasteiger charge is 2.27. The van der Waals surface area contributed by atoms with Crippen LogP contribution in [0.15, 0.2) is 79.4 Å². The van der Waals surface area contributed by atoms with E-state index in [1.807, 2.05) is 49.9 Å². The zero-order valence-corrected chi connectivity index (χ0v) is 20.7. The Balaban J connectivity index is 1.22. The third kappa shape index (κ3) is 4.36. The number of carbonyl (C=O) groups is 1. The Bertz CT molecular complexity index is 1620. The Labute approximate surface area is 218 Å². The molecule has 1 amide bonds. The second-order valence-electron chi connectivity index (χ2n) is 9.28. The lowest BCUT2D eigenvalue weighted by atomic mass is 9.97. The lowest BCUT2D eigenvalue weighted by Gasteiger charge is -2.35. The van der Waals surface area contributed by atoms with Gasteiger partial charge in [-0.3, -0.25) is 14.5 Å². The number of carbonyl (C=O) groups excluding carboxylic acids is 1. The standard InChI is InChI=1S/C29H24F2N6O/c1-35-18-21(17-34-35)20-14-23(22-4-3-9-32-26(22)15-20)19-7-8-27(33-16-19)36-10-12-37(13-11-36)29(38)28-24(30)5-2-6-25(28)31/h2-9,14-18H,10-13H2,1H3. The molecule has 1 aliphatic rings. The summed E-state index contributed by atoms with van der Waals surface area (Å²) in [5, 5.41) is 5.33. The number of halogens is 2. The Morgan fingerprint density at radius 3 is 2.32 bits per heavy atom. The molecule has 0 aliphatic carbocycles. The molecule has 4 heterocycles. The summed E-state index contributed by atoms with van der Waals surface area (Å²) in [4.78, 5) is 25.6. The molecule has 38 heavy (non-hydrogen) atoms. The molecular formula is C29H24F2N6O. The molecule has 0 atom stereocenters. The number of fused-ring (bicyclic) bond motifs is 1. The van der Waals surface area contributed by atoms with Crippen LogP contribution in [0.25, 0.3) is 33.2 Å². The second kappa shape index (κ2) is 9.66. The molecular weight excluding hydrogens is 486 g/mol. The van der Waals surface area contributed by atoms with Crippen LogP contribution < -0.4 is 4.90 Å². The Morgan fingerprint density at radius 1 is 0.842 bits per heavy atom. The normalized spacial score (nSPS) is 13.8. The summed E-state index contributed by atoms with van der Waals surface area (Å²) in [5.74, 6) is -1.53. The maximum Gasteiger partial charge on any atom is 0.259 e. The van der Waals surface area contributed by atoms with Crippen molar-refractivity contribution in [1.29, 1.82) is 0 Å². The van der Waals surface area contributed by atoms with Gasteiger partial charge in [0.05, 0.1) is 11.7 Å². The first-order chi connectivity index (χ1) is 18.5. The van der Waals surface area contributed by atoms with Crippen LogP contribution in [0.4, 0.5) is 14.6 Å². The molecule has 1 saturated heterocycles. The molecule has 6 rings (SSSR count). The van der Waals surface area contributed by atoms with Crippen LogP contribution in [-0.2, 0) is 7.05 Å². The number of aromatic nitrogens is 4. The van der Waals surface area contributed by atoms with Crippen molar-refractivity contribution in [3.63, 3.8) is 0 Å². The largest absolute Gasteiger partial charge is 0.353 e. The van der Waals surface area contributed by atoms with Crippen LogP contribution >= 0.6 is 0 Å². The lowest BCUT2D eigenvalue weighted by Crippen LogP contribution is -2.49. The van der Waals surface area contributed by atoms with Crippen molar-refractivity contribution < 1.29 is 13.6 Å². The quantitative estimate of drug-likeness (QED) is 0.343. The van der Waals surface area contributed by atoms with Crippen LogP contribution in [-0.4, -0.2) is 56.7 Å². The molecule has 1 aliphatic heterocycles. The van der Waals surface area contributed by atoms with Crippen LogP contribution in [0.3, 0.4) is 0 Å². The van der Waals surface area contributed by atoms with Gasteiger partial charge in [-0.2, -0.15) is 5.10 Å². The molecule has 0 spiro atoms. The van der Waals surface area contributed by atoms with E-state index in [0.29, 0.717) is 26.2 Å². The summed E-state index contributed by atoms with van der Waals surface area (Å²) >= 11 is 0. The van der Waals surface area contributed by atoms with Crippen molar-refractivity contribution in [3.05, 3.63) is 96.6 Å². The topological polar surface area (TPSA) is 67.2 Å². The molecule has 9 heteroatoms. The van der Waals surface area contributed by atoms with Crippen LogP contribution in [0.2, 0.25) is 0 Å². The smallest absolute Gasteiger partial charge is 0.259 e. The van der Waals surface area contributed by atoms with Crippen molar-refractivity contribution in [3.8, 4) is 22.3 Å². The molecule has 190 valence electrons. The summed E-state index contributed by atoms with van der Waals surface area (Å²) in [6, 6.07) is 15.6. The van der Waals surface area contributed by atoms with E-state index in [1.165, 1.54) is 11.0 Å². The number of piperazine rings is 1. The van der Waals surface area contributed by atoms with E-state index in [4.69, 9.17) is 4.98 Å². The fraction of sp³-hybridized carbons (Fsp3) is 0.172. The number of pyridine rings is 2. The average molecular weight is 511 g/mol. The van der Waals surface area contributed by atoms with Crippen LogP contribution in [0.5, 0.6) is 0 Å². The number of rotatable bonds is 4. The van der Waals surface area contributed by atoms with Crippen molar-refractivity contribution in [2.45, 2.75) is 0 Å². The predicted molar refractivity (Wildman–Crippen MR) is 142 cm³/mol. The number of hydrogen-bond acceptors (Lipinski definition) is 5. The van der Waals surface area contributed by atoms with Crippen molar-refractivity contribution in [1.82, 2.24) is 24.6 Å². The predicted octanol–water partition coefficient (Wildman–Crippen LogP) is 4.94. The van der Waals surface area contributed by atoms with Crippen LogP contribution in [0, 0.1) is 11.6 Å². The SMILES string of the molecule is Cn1cc(-c2cc(-c3ccc(N4CCN(C(=O)c5c(F)cccc5F)CC4)nc3)c3cccnc3c2)cn1. The first kappa shape index (κ1) is 23.7. The lowest BCUT2D eigenvalue weighted by molar-refractivity contribution is 0.0736. The van der Waals surface area contributed by atoms with Gasteiger partial charge in [0, 0.05) is 68.3 Å². The summed E-state index contributed by atoms with van der Waals surface area (Å²) in [6.07, 6.45) is 7.43. The molecule has 5 aromatic rings. The zero-order chi connectivity index (χ0) is 26.2. The summed E-state index contributed by atoms with van der Waals surface area (Å²) in [6.45, 7) is 1.72. The Kier molecular flexibility index (Phi) is 6.03. The van der Waals surface area contributed by atoms with Gasteiger partial charge in [-0.05, 0) is 53.6 Å². The van der Waals surface area contributed by atoms with E-state index in [1.54, 1.807) is 10.9 Å². The minimum atomic E-state index is -0.843. The van der Waals surface area contributed by atoms with Gasteiger partial charge in [0.2, 0.25) is 0 Å². The first-order valence-corrected chi connectivity index (χ1v) is 12.3. The summed E-state index contributed by atoms with van der Waals surface area (Å²) in [5.41, 5.74) is 4.40. The van der Waals surface area contributed by atoms with Gasteiger partial charge in [-0.25, -0.2) is 13.8 Å². The van der Waals surface area contributed by atoms with Crippen LogP contribution in [0.1, 0.15) is 10.4 Å². The maximum atomic E-state index is 14.1. The van der Waals surface area contributed by atoms with E-state index < -0.39 is 23.1 Å². The number of hydrogen-bond donors (Lipinski definition) is 0. The molecule has 0 radical (unpaired) electrons. The molecule has 0 saturated carbocycles. The number of anilines is 1. The highest BCUT2D eigenvalue weighted by atomic mass is 19.1. The van der Waals surface area contributed by atoms with Gasteiger partial charge in [-0.15, -0.1) is 0 Å². The molecule has 3 aromatic heterocycles. The molecule has 0 unspecified atom stereocenters. The monoisotopic (exact) mass is 510 g/mol. The highest BCUT2D eigenvalue weighted by molar-refractivity contribution is 5.98. The van der Waals surface area contributed by atoms with E-state index in [-0.39, 0.29) is 0 Å². The Hall–Kier alpha value is -4.66. The summed E-state index contributed by atoms with van der Waals surface area (Å²) < 4.78 is 29.9. The van der Waals surface area contributed by atoms with Gasteiger partial charge < -0.3 is 9.80 Å². The number of aryl methyl sites for hydroxylation is 1. The Morgan fingerprint density at radius 2 is 1.63 bits per heavy atom. The van der Waals surface area contributed by atoms with Crippen molar-refractivity contribution >= 4 is 22.6 Å². The maximum absolute atomic E-state index is 14.1. The van der Waals surface area contributed by atoms with Gasteiger partial charge in [0.25, 0.3) is 5.91 Å². The van der Waals surface area contributed by atoms with Crippen molar-refractivity contribution in [2.75, 3.05) is 31.1 Å². The fourth-order valence-corrected chi connectivity index (χ4v) is 4.89. The molecule has 2 aromatic carbocycles. The summed E-state index contributed by atoms with van der Waals surface area (Å²) in [7, 11) is 1.89. The first-order valence-electron chi connectivity index (χ1n) is 12.3. The second-order valence-corrected chi connectivity index (χ2v) is 9.28. The molecule has 0 N–H and O–H groups in total. The fourth-order valence-electron chi connectivity index (χ4n) is 4.89. The van der Waals surface area contributed by atoms with Gasteiger partial charge >= 0.3 is 0 Å². The van der Waals surface area contributed by atoms with Gasteiger partial charge in [-0.1, -0.05) is 12.1 Å². The van der Waals surface area contributed by atoms with E-state index in [9.17, 15) is 13.6 Å². The minimum Gasteiger partial charge on any atom is -0.353 e. The minimum absolute atomic E-state index is 0.347. The molecule has 1 fully saturated rings. The van der Waals surface area contributed by atoms with E-state index in [2.05, 4.69) is 27.1 Å². The third-order valence-corrected chi connectivity index (χ3v) is 6.89. The third-order valence-electron chi connectivity index (χ3n) is 6.89. The molecule has 0 bridgehead atoms. The number of amides is 1. The van der Waals surface area contributed by atoms with E-state index in [0.717, 1.165) is 51.1 Å². The highest BCUT2D eigenvalue weighted by Crippen LogP contribution is 2.33. The van der Waals surface area contributed by atoms with Gasteiger partial charge in [0.15, 0.2) is 0 Å². The number of nitrogens with zero attached hydrogens (tertiary/aromatic N) is 6. The van der Waals surface area contributed by atoms with E-state index >= 15 is 0 Å². The van der Waals surface area contributed by atoms with Crippen molar-refractivity contribution in [2.24, 2.45) is 7.05 Å². The average Bonchev–Trinajstić information content (AvgIpc) is 3.39. The molecule has 7 nitrogen and oxygen atoms in total. The number of benzene rings is 2. The van der Waals surface area contributed by atoms with Gasteiger partial charge in [0.1, 0.15) is 23.0 Å². The zero-order valence-electron chi connectivity index (χ0n) is 20.7.